The van der Waals surface area contributed by atoms with E-state index >= 15 is 0 Å². The van der Waals surface area contributed by atoms with E-state index in [1.54, 1.807) is 0 Å². The number of nitrogens with zero attached hydrogens (tertiary/aromatic N) is 2. The molecular weight excluding hydrogens is 232 g/mol. The fraction of sp³-hybridized carbons (Fsp3) is 0.500. The van der Waals surface area contributed by atoms with E-state index in [4.69, 9.17) is 16.3 Å². The third-order valence-electron chi connectivity index (χ3n) is 2.46. The van der Waals surface area contributed by atoms with Crippen LogP contribution in [-0.2, 0) is 0 Å². The van der Waals surface area contributed by atoms with Crippen LogP contribution in [0.15, 0.2) is 12.1 Å². The molecule has 0 N–H and O–H groups in total. The van der Waals surface area contributed by atoms with E-state index in [0.717, 1.165) is 12.3 Å². The lowest BCUT2D eigenvalue weighted by Crippen LogP contribution is -2.03. The molecule has 1 aliphatic rings. The average molecular weight is 243 g/mol. The van der Waals surface area contributed by atoms with Gasteiger partial charge in [0.25, 0.3) is 5.88 Å². The summed E-state index contributed by atoms with van der Waals surface area (Å²) in [5, 5.41) is 10.9. The standard InChI is InChI=1S/C10H11ClN2O3/c11-9-4-3-8(13(14)15)10(12-9)16-6-5-7-1-2-7/h3-4,7H,1-2,5-6H2. The second-order valence-electron chi connectivity index (χ2n) is 3.80. The summed E-state index contributed by atoms with van der Waals surface area (Å²) < 4.78 is 5.29. The van der Waals surface area contributed by atoms with Crippen molar-refractivity contribution in [1.82, 2.24) is 4.98 Å². The zero-order valence-electron chi connectivity index (χ0n) is 8.56. The molecule has 1 fully saturated rings. The van der Waals surface area contributed by atoms with E-state index < -0.39 is 4.92 Å². The van der Waals surface area contributed by atoms with Gasteiger partial charge in [-0.05, 0) is 18.4 Å². The minimum absolute atomic E-state index is 0.0122. The van der Waals surface area contributed by atoms with Crippen LogP contribution in [0.2, 0.25) is 5.15 Å². The monoisotopic (exact) mass is 242 g/mol. The predicted octanol–water partition coefficient (Wildman–Crippen LogP) is 2.82. The molecule has 0 saturated heterocycles. The largest absolute Gasteiger partial charge is 0.473 e. The van der Waals surface area contributed by atoms with E-state index in [1.165, 1.54) is 25.0 Å². The molecule has 1 saturated carbocycles. The van der Waals surface area contributed by atoms with Crippen LogP contribution in [0, 0.1) is 16.0 Å². The first kappa shape index (κ1) is 11.1. The zero-order chi connectivity index (χ0) is 11.5. The van der Waals surface area contributed by atoms with Crippen LogP contribution in [0.3, 0.4) is 0 Å². The van der Waals surface area contributed by atoms with Gasteiger partial charge in [-0.25, -0.2) is 0 Å². The van der Waals surface area contributed by atoms with Crippen LogP contribution in [0.1, 0.15) is 19.3 Å². The zero-order valence-corrected chi connectivity index (χ0v) is 9.31. The third kappa shape index (κ3) is 2.82. The summed E-state index contributed by atoms with van der Waals surface area (Å²) in [5.74, 6) is 0.733. The Morgan fingerprint density at radius 1 is 1.56 bits per heavy atom. The Balaban J connectivity index is 2.03. The first-order valence-corrected chi connectivity index (χ1v) is 5.48. The molecule has 1 aromatic heterocycles. The molecule has 0 aromatic carbocycles. The maximum absolute atomic E-state index is 10.7. The predicted molar refractivity (Wildman–Crippen MR) is 58.7 cm³/mol. The van der Waals surface area contributed by atoms with E-state index in [0.29, 0.717) is 6.61 Å². The van der Waals surface area contributed by atoms with Crippen molar-refractivity contribution in [2.45, 2.75) is 19.3 Å². The molecule has 16 heavy (non-hydrogen) atoms. The summed E-state index contributed by atoms with van der Waals surface area (Å²) >= 11 is 5.66. The van der Waals surface area contributed by atoms with Crippen LogP contribution < -0.4 is 4.74 Å². The normalized spacial score (nSPS) is 14.8. The number of nitro groups is 1. The summed E-state index contributed by atoms with van der Waals surface area (Å²) in [4.78, 5) is 14.0. The second-order valence-corrected chi connectivity index (χ2v) is 4.18. The van der Waals surface area contributed by atoms with E-state index in [2.05, 4.69) is 4.98 Å². The molecule has 0 aliphatic heterocycles. The highest BCUT2D eigenvalue weighted by Crippen LogP contribution is 2.33. The topological polar surface area (TPSA) is 65.3 Å². The number of rotatable bonds is 5. The minimum atomic E-state index is -0.518. The van der Waals surface area contributed by atoms with Crippen molar-refractivity contribution < 1.29 is 9.66 Å². The number of hydrogen-bond donors (Lipinski definition) is 0. The highest BCUT2D eigenvalue weighted by molar-refractivity contribution is 6.29. The summed E-state index contributed by atoms with van der Waals surface area (Å²) in [6.45, 7) is 0.457. The highest BCUT2D eigenvalue weighted by Gasteiger charge is 2.22. The summed E-state index contributed by atoms with van der Waals surface area (Å²) in [6.07, 6.45) is 3.38. The molecule has 1 heterocycles. The number of hydrogen-bond acceptors (Lipinski definition) is 4. The number of halogens is 1. The third-order valence-corrected chi connectivity index (χ3v) is 2.68. The number of ether oxygens (including phenoxy) is 1. The van der Waals surface area contributed by atoms with Gasteiger partial charge in [0.2, 0.25) is 0 Å². The first-order valence-electron chi connectivity index (χ1n) is 5.10. The van der Waals surface area contributed by atoms with Crippen molar-refractivity contribution in [3.63, 3.8) is 0 Å². The van der Waals surface area contributed by atoms with Gasteiger partial charge in [0, 0.05) is 6.07 Å². The van der Waals surface area contributed by atoms with Crippen LogP contribution in [0.5, 0.6) is 5.88 Å². The second kappa shape index (κ2) is 4.65. The Bertz CT molecular complexity index is 407. The van der Waals surface area contributed by atoms with Gasteiger partial charge in [0.1, 0.15) is 5.15 Å². The molecule has 0 atom stereocenters. The molecule has 0 radical (unpaired) electrons. The molecule has 0 bridgehead atoms. The molecule has 1 aromatic rings. The van der Waals surface area contributed by atoms with Crippen molar-refractivity contribution in [1.29, 1.82) is 0 Å². The highest BCUT2D eigenvalue weighted by atomic mass is 35.5. The molecule has 6 heteroatoms. The van der Waals surface area contributed by atoms with Crippen LogP contribution >= 0.6 is 11.6 Å². The van der Waals surface area contributed by atoms with Crippen LogP contribution in [-0.4, -0.2) is 16.5 Å². The summed E-state index contributed by atoms with van der Waals surface area (Å²) in [7, 11) is 0. The van der Waals surface area contributed by atoms with Crippen molar-refractivity contribution in [3.05, 3.63) is 27.4 Å². The number of pyridine rings is 1. The Morgan fingerprint density at radius 3 is 2.94 bits per heavy atom. The van der Waals surface area contributed by atoms with Crippen LogP contribution in [0.25, 0.3) is 0 Å². The molecule has 0 spiro atoms. The summed E-state index contributed by atoms with van der Waals surface area (Å²) in [6, 6.07) is 2.69. The maximum atomic E-state index is 10.7. The van der Waals surface area contributed by atoms with Crippen molar-refractivity contribution in [2.75, 3.05) is 6.61 Å². The Morgan fingerprint density at radius 2 is 2.31 bits per heavy atom. The molecule has 0 amide bonds. The molecule has 86 valence electrons. The SMILES string of the molecule is O=[N+]([O-])c1ccc(Cl)nc1OCCC1CC1. The molecule has 1 aliphatic carbocycles. The van der Waals surface area contributed by atoms with Gasteiger partial charge >= 0.3 is 5.69 Å². The smallest absolute Gasteiger partial charge is 0.331 e. The lowest BCUT2D eigenvalue weighted by atomic mass is 10.3. The fourth-order valence-electron chi connectivity index (χ4n) is 1.38. The summed E-state index contributed by atoms with van der Waals surface area (Å²) in [5.41, 5.74) is -0.139. The van der Waals surface area contributed by atoms with E-state index in [1.807, 2.05) is 0 Å². The average Bonchev–Trinajstić information content (AvgIpc) is 3.01. The number of aromatic nitrogens is 1. The van der Waals surface area contributed by atoms with Gasteiger partial charge in [0.15, 0.2) is 0 Å². The maximum Gasteiger partial charge on any atom is 0.331 e. The fourth-order valence-corrected chi connectivity index (χ4v) is 1.52. The van der Waals surface area contributed by atoms with Crippen molar-refractivity contribution >= 4 is 17.3 Å². The van der Waals surface area contributed by atoms with Gasteiger partial charge in [-0.1, -0.05) is 24.4 Å². The Labute approximate surface area is 97.5 Å². The lowest BCUT2D eigenvalue weighted by Gasteiger charge is -2.05. The molecule has 5 nitrogen and oxygen atoms in total. The quantitative estimate of drug-likeness (QED) is 0.452. The van der Waals surface area contributed by atoms with Crippen molar-refractivity contribution in [2.24, 2.45) is 5.92 Å². The van der Waals surface area contributed by atoms with Gasteiger partial charge in [-0.15, -0.1) is 0 Å². The minimum Gasteiger partial charge on any atom is -0.473 e. The van der Waals surface area contributed by atoms with Gasteiger partial charge < -0.3 is 4.74 Å². The first-order chi connectivity index (χ1) is 7.66. The van der Waals surface area contributed by atoms with Gasteiger partial charge in [-0.3, -0.25) is 10.1 Å². The van der Waals surface area contributed by atoms with Crippen molar-refractivity contribution in [3.8, 4) is 5.88 Å². The molecule has 2 rings (SSSR count). The Hall–Kier alpha value is -1.36. The molecular formula is C10H11ClN2O3. The molecule has 0 unspecified atom stereocenters. The van der Waals surface area contributed by atoms with Gasteiger partial charge in [-0.2, -0.15) is 4.98 Å². The van der Waals surface area contributed by atoms with Crippen LogP contribution in [0.4, 0.5) is 5.69 Å². The van der Waals surface area contributed by atoms with E-state index in [9.17, 15) is 10.1 Å². The Kier molecular flexibility index (Phi) is 3.24. The van der Waals surface area contributed by atoms with Gasteiger partial charge in [0.05, 0.1) is 11.5 Å². The van der Waals surface area contributed by atoms with E-state index in [-0.39, 0.29) is 16.7 Å². The lowest BCUT2D eigenvalue weighted by molar-refractivity contribution is -0.386.